The van der Waals surface area contributed by atoms with Gasteiger partial charge in [-0.15, -0.1) is 0 Å². The maximum Gasteiger partial charge on any atom is 0.261 e. The first kappa shape index (κ1) is 23.5. The van der Waals surface area contributed by atoms with E-state index in [1.807, 2.05) is 38.1 Å². The van der Waals surface area contributed by atoms with E-state index in [9.17, 15) is 9.59 Å². The molecule has 1 atom stereocenters. The molecule has 1 unspecified atom stereocenters. The van der Waals surface area contributed by atoms with Crippen LogP contribution in [0.2, 0.25) is 5.02 Å². The van der Waals surface area contributed by atoms with Crippen molar-refractivity contribution < 1.29 is 19.1 Å². The second-order valence-corrected chi connectivity index (χ2v) is 7.26. The Morgan fingerprint density at radius 3 is 2.23 bits per heavy atom. The SMILES string of the molecule is CCCNC(=O)C(CC)N(Cc1ccc(OC)cc1)C(=O)COc1ccc(Cl)cc1. The topological polar surface area (TPSA) is 67.9 Å². The number of carbonyl (C=O) groups is 2. The van der Waals surface area contributed by atoms with Crippen LogP contribution in [0.4, 0.5) is 0 Å². The van der Waals surface area contributed by atoms with Crippen molar-refractivity contribution in [2.45, 2.75) is 39.3 Å². The zero-order chi connectivity index (χ0) is 21.9. The Labute approximate surface area is 183 Å². The third kappa shape index (κ3) is 6.95. The van der Waals surface area contributed by atoms with Crippen LogP contribution in [-0.2, 0) is 16.1 Å². The minimum Gasteiger partial charge on any atom is -0.497 e. The van der Waals surface area contributed by atoms with Crippen molar-refractivity contribution in [2.75, 3.05) is 20.3 Å². The fourth-order valence-corrected chi connectivity index (χ4v) is 3.10. The smallest absolute Gasteiger partial charge is 0.261 e. The zero-order valence-electron chi connectivity index (χ0n) is 17.7. The van der Waals surface area contributed by atoms with Crippen LogP contribution in [-0.4, -0.2) is 43.0 Å². The van der Waals surface area contributed by atoms with Gasteiger partial charge in [-0.25, -0.2) is 0 Å². The molecule has 7 heteroatoms. The standard InChI is InChI=1S/C23H29ClN2O4/c1-4-14-25-23(28)21(5-2)26(15-17-6-10-19(29-3)11-7-17)22(27)16-30-20-12-8-18(24)9-13-20/h6-13,21H,4-5,14-16H2,1-3H3,(H,25,28). The molecule has 0 aromatic heterocycles. The number of hydrogen-bond donors (Lipinski definition) is 1. The maximum absolute atomic E-state index is 13.1. The highest BCUT2D eigenvalue weighted by molar-refractivity contribution is 6.30. The molecule has 6 nitrogen and oxygen atoms in total. The van der Waals surface area contributed by atoms with Gasteiger partial charge in [-0.05, 0) is 54.8 Å². The largest absolute Gasteiger partial charge is 0.497 e. The molecule has 0 spiro atoms. The third-order valence-electron chi connectivity index (χ3n) is 4.62. The van der Waals surface area contributed by atoms with E-state index in [0.717, 1.165) is 17.7 Å². The van der Waals surface area contributed by atoms with Crippen molar-refractivity contribution in [1.29, 1.82) is 0 Å². The van der Waals surface area contributed by atoms with Crippen LogP contribution in [0.1, 0.15) is 32.3 Å². The van der Waals surface area contributed by atoms with Gasteiger partial charge in [0.15, 0.2) is 6.61 Å². The minimum absolute atomic E-state index is 0.160. The summed E-state index contributed by atoms with van der Waals surface area (Å²) in [4.78, 5) is 27.3. The van der Waals surface area contributed by atoms with Gasteiger partial charge in [0, 0.05) is 18.1 Å². The average Bonchev–Trinajstić information content (AvgIpc) is 2.77. The molecule has 30 heavy (non-hydrogen) atoms. The third-order valence-corrected chi connectivity index (χ3v) is 4.88. The lowest BCUT2D eigenvalue weighted by atomic mass is 10.1. The number of carbonyl (C=O) groups excluding carboxylic acids is 2. The summed E-state index contributed by atoms with van der Waals surface area (Å²) in [6.07, 6.45) is 1.33. The average molecular weight is 433 g/mol. The second kappa shape index (κ2) is 12.1. The van der Waals surface area contributed by atoms with E-state index >= 15 is 0 Å². The number of rotatable bonds is 11. The van der Waals surface area contributed by atoms with Gasteiger partial charge in [-0.3, -0.25) is 9.59 Å². The highest BCUT2D eigenvalue weighted by Crippen LogP contribution is 2.18. The Balaban J connectivity index is 2.17. The number of halogens is 1. The first-order valence-electron chi connectivity index (χ1n) is 10.1. The maximum atomic E-state index is 13.1. The van der Waals surface area contributed by atoms with Crippen LogP contribution in [0.5, 0.6) is 11.5 Å². The number of benzene rings is 2. The zero-order valence-corrected chi connectivity index (χ0v) is 18.4. The molecule has 0 heterocycles. The Morgan fingerprint density at radius 2 is 1.67 bits per heavy atom. The van der Waals surface area contributed by atoms with Crippen molar-refractivity contribution in [1.82, 2.24) is 10.2 Å². The monoisotopic (exact) mass is 432 g/mol. The molecule has 2 amide bonds. The lowest BCUT2D eigenvalue weighted by Gasteiger charge is -2.30. The lowest BCUT2D eigenvalue weighted by Crippen LogP contribution is -2.50. The normalized spacial score (nSPS) is 11.5. The van der Waals surface area contributed by atoms with Crippen LogP contribution in [0.3, 0.4) is 0 Å². The van der Waals surface area contributed by atoms with Crippen LogP contribution in [0.15, 0.2) is 48.5 Å². The fourth-order valence-electron chi connectivity index (χ4n) is 2.97. The summed E-state index contributed by atoms with van der Waals surface area (Å²) in [5, 5.41) is 3.49. The van der Waals surface area contributed by atoms with Crippen LogP contribution in [0, 0.1) is 0 Å². The summed E-state index contributed by atoms with van der Waals surface area (Å²) >= 11 is 5.89. The van der Waals surface area contributed by atoms with Gasteiger partial charge in [0.1, 0.15) is 17.5 Å². The summed E-state index contributed by atoms with van der Waals surface area (Å²) in [6, 6.07) is 13.7. The van der Waals surface area contributed by atoms with Gasteiger partial charge in [0.25, 0.3) is 5.91 Å². The molecule has 0 saturated carbocycles. The Morgan fingerprint density at radius 1 is 1.03 bits per heavy atom. The molecule has 1 N–H and O–H groups in total. The van der Waals surface area contributed by atoms with E-state index < -0.39 is 6.04 Å². The van der Waals surface area contributed by atoms with Gasteiger partial charge >= 0.3 is 0 Å². The first-order chi connectivity index (χ1) is 14.5. The van der Waals surface area contributed by atoms with Crippen molar-refractivity contribution in [3.8, 4) is 11.5 Å². The Bertz CT molecular complexity index is 809. The van der Waals surface area contributed by atoms with Gasteiger partial charge in [-0.1, -0.05) is 37.6 Å². The molecular formula is C23H29ClN2O4. The molecule has 2 aromatic rings. The van der Waals surface area contributed by atoms with E-state index in [-0.39, 0.29) is 18.4 Å². The Kier molecular flexibility index (Phi) is 9.48. The molecular weight excluding hydrogens is 404 g/mol. The van der Waals surface area contributed by atoms with Crippen molar-refractivity contribution >= 4 is 23.4 Å². The van der Waals surface area contributed by atoms with Gasteiger partial charge < -0.3 is 19.7 Å². The molecule has 0 aliphatic rings. The molecule has 0 fully saturated rings. The summed E-state index contributed by atoms with van der Waals surface area (Å²) in [6.45, 7) is 4.58. The minimum atomic E-state index is -0.583. The first-order valence-corrected chi connectivity index (χ1v) is 10.4. The predicted octanol–water partition coefficient (Wildman–Crippen LogP) is 4.06. The molecule has 162 valence electrons. The van der Waals surface area contributed by atoms with Gasteiger partial charge in [-0.2, -0.15) is 0 Å². The summed E-state index contributed by atoms with van der Waals surface area (Å²) in [5.41, 5.74) is 0.900. The van der Waals surface area contributed by atoms with E-state index in [2.05, 4.69) is 5.32 Å². The molecule has 0 aliphatic heterocycles. The molecule has 0 aliphatic carbocycles. The second-order valence-electron chi connectivity index (χ2n) is 6.83. The van der Waals surface area contributed by atoms with Crippen molar-refractivity contribution in [3.05, 3.63) is 59.1 Å². The lowest BCUT2D eigenvalue weighted by molar-refractivity contribution is -0.143. The van der Waals surface area contributed by atoms with Gasteiger partial charge in [0.05, 0.1) is 7.11 Å². The molecule has 0 bridgehead atoms. The summed E-state index contributed by atoms with van der Waals surface area (Å²) in [5.74, 6) is 0.850. The number of nitrogens with one attached hydrogen (secondary N) is 1. The number of ether oxygens (including phenoxy) is 2. The molecule has 2 aromatic carbocycles. The number of hydrogen-bond acceptors (Lipinski definition) is 4. The summed E-state index contributed by atoms with van der Waals surface area (Å²) in [7, 11) is 1.60. The highest BCUT2D eigenvalue weighted by atomic mass is 35.5. The predicted molar refractivity (Wildman–Crippen MR) is 118 cm³/mol. The van der Waals surface area contributed by atoms with E-state index in [1.165, 1.54) is 0 Å². The van der Waals surface area contributed by atoms with Crippen LogP contribution >= 0.6 is 11.6 Å². The fraction of sp³-hybridized carbons (Fsp3) is 0.391. The van der Waals surface area contributed by atoms with Gasteiger partial charge in [0.2, 0.25) is 5.91 Å². The molecule has 0 saturated heterocycles. The van der Waals surface area contributed by atoms with E-state index in [0.29, 0.717) is 30.3 Å². The quantitative estimate of drug-likeness (QED) is 0.581. The van der Waals surface area contributed by atoms with Crippen LogP contribution in [0.25, 0.3) is 0 Å². The van der Waals surface area contributed by atoms with E-state index in [1.54, 1.807) is 36.3 Å². The molecule has 0 radical (unpaired) electrons. The molecule has 2 rings (SSSR count). The highest BCUT2D eigenvalue weighted by Gasteiger charge is 2.28. The summed E-state index contributed by atoms with van der Waals surface area (Å²) < 4.78 is 10.8. The van der Waals surface area contributed by atoms with E-state index in [4.69, 9.17) is 21.1 Å². The van der Waals surface area contributed by atoms with Crippen molar-refractivity contribution in [3.63, 3.8) is 0 Å². The Hall–Kier alpha value is -2.73. The number of methoxy groups -OCH3 is 1. The van der Waals surface area contributed by atoms with Crippen LogP contribution < -0.4 is 14.8 Å². The number of amides is 2. The van der Waals surface area contributed by atoms with Crippen molar-refractivity contribution in [2.24, 2.45) is 0 Å². The number of nitrogens with zero attached hydrogens (tertiary/aromatic N) is 1.